The van der Waals surface area contributed by atoms with E-state index in [1.54, 1.807) is 16.4 Å². The summed E-state index contributed by atoms with van der Waals surface area (Å²) in [4.78, 5) is 2.18. The number of likely N-dealkylation sites (tertiary alicyclic amines) is 1. The maximum Gasteiger partial charge on any atom is 0.387 e. The number of hydrogen-bond donors (Lipinski definition) is 0. The number of halogens is 3. The van der Waals surface area contributed by atoms with Gasteiger partial charge in [0.25, 0.3) is 0 Å². The predicted octanol–water partition coefficient (Wildman–Crippen LogP) is 2.94. The number of piperidine rings is 1. The van der Waals surface area contributed by atoms with Gasteiger partial charge in [-0.2, -0.15) is 13.1 Å². The Kier molecular flexibility index (Phi) is 5.82. The van der Waals surface area contributed by atoms with Gasteiger partial charge in [0, 0.05) is 25.7 Å². The lowest BCUT2D eigenvalue weighted by molar-refractivity contribution is -0.0498. The number of hydrogen-bond acceptors (Lipinski definition) is 4. The molecule has 0 saturated carbocycles. The molecular formula is C16H21ClF2N2O3S. The highest BCUT2D eigenvalue weighted by Gasteiger charge is 2.36. The predicted molar refractivity (Wildman–Crippen MR) is 91.5 cm³/mol. The van der Waals surface area contributed by atoms with Crippen LogP contribution in [0.25, 0.3) is 0 Å². The average Bonchev–Trinajstić information content (AvgIpc) is 2.89. The van der Waals surface area contributed by atoms with E-state index in [0.29, 0.717) is 26.1 Å². The largest absolute Gasteiger partial charge is 0.433 e. The Labute approximate surface area is 151 Å². The number of sulfonamides is 1. The van der Waals surface area contributed by atoms with Crippen molar-refractivity contribution in [2.75, 3.05) is 25.4 Å². The maximum absolute atomic E-state index is 12.3. The summed E-state index contributed by atoms with van der Waals surface area (Å²) in [5.41, 5.74) is 0.886. The van der Waals surface area contributed by atoms with Gasteiger partial charge in [-0.25, -0.2) is 8.42 Å². The molecule has 3 rings (SSSR count). The van der Waals surface area contributed by atoms with Crippen LogP contribution in [0.4, 0.5) is 8.78 Å². The molecule has 140 valence electrons. The van der Waals surface area contributed by atoms with E-state index in [4.69, 9.17) is 11.6 Å². The first-order chi connectivity index (χ1) is 11.8. The van der Waals surface area contributed by atoms with E-state index >= 15 is 0 Å². The van der Waals surface area contributed by atoms with E-state index in [1.165, 1.54) is 6.07 Å². The van der Waals surface area contributed by atoms with Crippen molar-refractivity contribution >= 4 is 21.6 Å². The van der Waals surface area contributed by atoms with Crippen LogP contribution >= 0.6 is 11.6 Å². The molecule has 1 aromatic rings. The smallest absolute Gasteiger partial charge is 0.387 e. The Hall–Kier alpha value is -0.960. The zero-order valence-corrected chi connectivity index (χ0v) is 15.3. The zero-order chi connectivity index (χ0) is 18.0. The first-order valence-corrected chi connectivity index (χ1v) is 10.3. The van der Waals surface area contributed by atoms with Crippen LogP contribution < -0.4 is 4.74 Å². The van der Waals surface area contributed by atoms with Crippen molar-refractivity contribution in [3.63, 3.8) is 0 Å². The summed E-state index contributed by atoms with van der Waals surface area (Å²) in [7, 11) is -3.11. The van der Waals surface area contributed by atoms with Crippen LogP contribution in [-0.2, 0) is 16.6 Å². The van der Waals surface area contributed by atoms with Crippen LogP contribution in [0.5, 0.6) is 5.75 Å². The quantitative estimate of drug-likeness (QED) is 0.770. The van der Waals surface area contributed by atoms with Gasteiger partial charge in [0.2, 0.25) is 10.0 Å². The molecule has 5 nitrogen and oxygen atoms in total. The highest BCUT2D eigenvalue weighted by atomic mass is 35.5. The molecule has 0 radical (unpaired) electrons. The fourth-order valence-corrected chi connectivity index (χ4v) is 5.58. The minimum Gasteiger partial charge on any atom is -0.433 e. The monoisotopic (exact) mass is 394 g/mol. The molecule has 0 amide bonds. The summed E-state index contributed by atoms with van der Waals surface area (Å²) in [5, 5.41) is 0.147. The molecule has 1 atom stereocenters. The average molecular weight is 395 g/mol. The summed E-state index contributed by atoms with van der Waals surface area (Å²) in [6, 6.07) is 4.78. The van der Waals surface area contributed by atoms with Crippen molar-refractivity contribution in [3.8, 4) is 5.75 Å². The van der Waals surface area contributed by atoms with E-state index in [0.717, 1.165) is 24.9 Å². The van der Waals surface area contributed by atoms with Gasteiger partial charge in [-0.05, 0) is 43.5 Å². The molecule has 2 aliphatic rings. The molecular weight excluding hydrogens is 374 g/mol. The summed E-state index contributed by atoms with van der Waals surface area (Å²) < 4.78 is 54.8. The Morgan fingerprint density at radius 1 is 1.28 bits per heavy atom. The van der Waals surface area contributed by atoms with Crippen molar-refractivity contribution in [1.29, 1.82) is 0 Å². The third kappa shape index (κ3) is 4.61. The van der Waals surface area contributed by atoms with Gasteiger partial charge in [0.05, 0.1) is 10.8 Å². The van der Waals surface area contributed by atoms with Crippen molar-refractivity contribution in [3.05, 3.63) is 28.8 Å². The second-order valence-electron chi connectivity index (χ2n) is 6.45. The van der Waals surface area contributed by atoms with Gasteiger partial charge < -0.3 is 4.74 Å². The third-order valence-electron chi connectivity index (χ3n) is 4.64. The highest BCUT2D eigenvalue weighted by molar-refractivity contribution is 7.89. The van der Waals surface area contributed by atoms with Crippen LogP contribution in [0.15, 0.2) is 18.2 Å². The van der Waals surface area contributed by atoms with Gasteiger partial charge in [-0.1, -0.05) is 17.7 Å². The van der Waals surface area contributed by atoms with Crippen LogP contribution in [0.3, 0.4) is 0 Å². The Morgan fingerprint density at radius 3 is 2.72 bits per heavy atom. The van der Waals surface area contributed by atoms with Gasteiger partial charge in [0.1, 0.15) is 5.75 Å². The molecule has 0 aliphatic carbocycles. The lowest BCUT2D eigenvalue weighted by Crippen LogP contribution is -2.48. The fraction of sp³-hybridized carbons (Fsp3) is 0.625. The molecule has 0 spiro atoms. The summed E-state index contributed by atoms with van der Waals surface area (Å²) in [6.07, 6.45) is 2.49. The fourth-order valence-electron chi connectivity index (χ4n) is 3.57. The number of nitrogens with zero attached hydrogens (tertiary/aromatic N) is 2. The topological polar surface area (TPSA) is 49.9 Å². The van der Waals surface area contributed by atoms with E-state index in [1.807, 2.05) is 0 Å². The van der Waals surface area contributed by atoms with E-state index in [-0.39, 0.29) is 22.6 Å². The SMILES string of the molecule is O=S1(=O)CCCN1[C@@H]1CCCN(Cc2ccc(OC(F)F)c(Cl)c2)C1. The van der Waals surface area contributed by atoms with Crippen molar-refractivity contribution in [2.24, 2.45) is 0 Å². The van der Waals surface area contributed by atoms with Gasteiger partial charge >= 0.3 is 6.61 Å². The second kappa shape index (κ2) is 7.73. The van der Waals surface area contributed by atoms with E-state index < -0.39 is 16.6 Å². The van der Waals surface area contributed by atoms with E-state index in [2.05, 4.69) is 9.64 Å². The minimum atomic E-state index is -3.11. The molecule has 2 aliphatic heterocycles. The Bertz CT molecular complexity index is 717. The normalized spacial score (nSPS) is 24.7. The van der Waals surface area contributed by atoms with Crippen molar-refractivity contribution in [2.45, 2.75) is 38.5 Å². The molecule has 25 heavy (non-hydrogen) atoms. The minimum absolute atomic E-state index is 0.0122. The molecule has 9 heteroatoms. The second-order valence-corrected chi connectivity index (χ2v) is 8.90. The van der Waals surface area contributed by atoms with Crippen LogP contribution in [-0.4, -0.2) is 55.7 Å². The maximum atomic E-state index is 12.3. The lowest BCUT2D eigenvalue weighted by atomic mass is 10.0. The molecule has 0 bridgehead atoms. The number of benzene rings is 1. The van der Waals surface area contributed by atoms with E-state index in [9.17, 15) is 17.2 Å². The van der Waals surface area contributed by atoms with Crippen LogP contribution in [0, 0.1) is 0 Å². The molecule has 1 aromatic carbocycles. The molecule has 2 heterocycles. The molecule has 0 aromatic heterocycles. The first kappa shape index (κ1) is 18.8. The Morgan fingerprint density at radius 2 is 2.08 bits per heavy atom. The summed E-state index contributed by atoms with van der Waals surface area (Å²) in [6.45, 7) is -0.164. The van der Waals surface area contributed by atoms with Crippen molar-refractivity contribution in [1.82, 2.24) is 9.21 Å². The standard InChI is InChI=1S/C16H21ClF2N2O3S/c17-14-9-12(4-5-15(14)24-16(18)19)10-20-6-1-3-13(11-20)21-7-2-8-25(21,22)23/h4-5,9,13,16H,1-3,6-8,10-11H2/t13-/m1/s1. The summed E-state index contributed by atoms with van der Waals surface area (Å²) in [5.74, 6) is 0.199. The zero-order valence-electron chi connectivity index (χ0n) is 13.7. The first-order valence-electron chi connectivity index (χ1n) is 8.30. The van der Waals surface area contributed by atoms with Crippen LogP contribution in [0.2, 0.25) is 5.02 Å². The van der Waals surface area contributed by atoms with Gasteiger partial charge in [-0.3, -0.25) is 4.90 Å². The van der Waals surface area contributed by atoms with Gasteiger partial charge in [-0.15, -0.1) is 0 Å². The number of rotatable bonds is 5. The molecule has 0 N–H and O–H groups in total. The lowest BCUT2D eigenvalue weighted by Gasteiger charge is -2.36. The molecule has 0 unspecified atom stereocenters. The van der Waals surface area contributed by atoms with Crippen molar-refractivity contribution < 1.29 is 21.9 Å². The summed E-state index contributed by atoms with van der Waals surface area (Å²) >= 11 is 6.00. The highest BCUT2D eigenvalue weighted by Crippen LogP contribution is 2.29. The van der Waals surface area contributed by atoms with Crippen LogP contribution in [0.1, 0.15) is 24.8 Å². The molecule has 2 fully saturated rings. The Balaban J connectivity index is 1.64. The number of alkyl halides is 2. The third-order valence-corrected chi connectivity index (χ3v) is 6.94. The van der Waals surface area contributed by atoms with Gasteiger partial charge in [0.15, 0.2) is 0 Å². The molecule has 2 saturated heterocycles. The number of ether oxygens (including phenoxy) is 1.